The molecule has 0 aromatic heterocycles. The first kappa shape index (κ1) is 15.0. The molecule has 102 valence electrons. The minimum atomic E-state index is -4.29. The Kier molecular flexibility index (Phi) is 4.43. The number of alkyl halides is 3. The fraction of sp³-hybridized carbons (Fsp3) is 0.571. The van der Waals surface area contributed by atoms with Crippen LogP contribution in [-0.4, -0.2) is 5.54 Å². The zero-order chi connectivity index (χ0) is 14.0. The van der Waals surface area contributed by atoms with Crippen LogP contribution >= 0.6 is 0 Å². The Morgan fingerprint density at radius 2 is 1.83 bits per heavy atom. The van der Waals surface area contributed by atoms with E-state index in [0.29, 0.717) is 12.0 Å². The van der Waals surface area contributed by atoms with E-state index in [2.05, 4.69) is 0 Å². The van der Waals surface area contributed by atoms with Gasteiger partial charge in [0.05, 0.1) is 5.56 Å². The third kappa shape index (κ3) is 3.48. The van der Waals surface area contributed by atoms with E-state index in [-0.39, 0.29) is 5.92 Å². The summed E-state index contributed by atoms with van der Waals surface area (Å²) in [5, 5.41) is 0. The van der Waals surface area contributed by atoms with E-state index in [1.165, 1.54) is 12.1 Å². The number of halogens is 3. The Bertz CT molecular complexity index is 398. The average Bonchev–Trinajstić information content (AvgIpc) is 2.28. The minimum absolute atomic E-state index is 0.219. The van der Waals surface area contributed by atoms with Gasteiger partial charge in [-0.25, -0.2) is 0 Å². The highest BCUT2D eigenvalue weighted by Crippen LogP contribution is 2.31. The van der Waals surface area contributed by atoms with Crippen LogP contribution in [0.5, 0.6) is 0 Å². The van der Waals surface area contributed by atoms with Crippen LogP contribution in [0.4, 0.5) is 13.2 Å². The number of rotatable bonds is 4. The molecule has 1 nitrogen and oxygen atoms in total. The Morgan fingerprint density at radius 1 is 1.22 bits per heavy atom. The van der Waals surface area contributed by atoms with Gasteiger partial charge in [-0.2, -0.15) is 13.2 Å². The lowest BCUT2D eigenvalue weighted by atomic mass is 9.79. The van der Waals surface area contributed by atoms with E-state index >= 15 is 0 Å². The van der Waals surface area contributed by atoms with Gasteiger partial charge >= 0.3 is 6.18 Å². The van der Waals surface area contributed by atoms with Gasteiger partial charge < -0.3 is 5.73 Å². The van der Waals surface area contributed by atoms with E-state index < -0.39 is 17.3 Å². The van der Waals surface area contributed by atoms with Crippen molar-refractivity contribution >= 4 is 0 Å². The van der Waals surface area contributed by atoms with E-state index in [0.717, 1.165) is 12.5 Å². The Balaban J connectivity index is 2.98. The van der Waals surface area contributed by atoms with E-state index in [4.69, 9.17) is 5.73 Å². The summed E-state index contributed by atoms with van der Waals surface area (Å²) in [7, 11) is 0. The first-order chi connectivity index (χ1) is 8.19. The average molecular weight is 259 g/mol. The van der Waals surface area contributed by atoms with E-state index in [9.17, 15) is 13.2 Å². The van der Waals surface area contributed by atoms with Crippen molar-refractivity contribution in [3.8, 4) is 0 Å². The van der Waals surface area contributed by atoms with Gasteiger partial charge in [-0.15, -0.1) is 0 Å². The number of hydrogen-bond acceptors (Lipinski definition) is 1. The van der Waals surface area contributed by atoms with Gasteiger partial charge in [-0.05, 0) is 30.4 Å². The predicted octanol–water partition coefficient (Wildman–Crippen LogP) is 4.01. The van der Waals surface area contributed by atoms with Gasteiger partial charge in [0.1, 0.15) is 0 Å². The van der Waals surface area contributed by atoms with E-state index in [1.807, 2.05) is 20.8 Å². The van der Waals surface area contributed by atoms with Gasteiger partial charge in [0.25, 0.3) is 0 Å². The number of hydrogen-bond donors (Lipinski definition) is 1. The predicted molar refractivity (Wildman–Crippen MR) is 67.2 cm³/mol. The molecule has 0 radical (unpaired) electrons. The summed E-state index contributed by atoms with van der Waals surface area (Å²) in [5.41, 5.74) is 5.83. The van der Waals surface area contributed by atoms with Gasteiger partial charge in [-0.3, -0.25) is 0 Å². The fourth-order valence-electron chi connectivity index (χ4n) is 1.98. The van der Waals surface area contributed by atoms with Crippen LogP contribution in [0.2, 0.25) is 0 Å². The topological polar surface area (TPSA) is 26.0 Å². The molecule has 0 spiro atoms. The lowest BCUT2D eigenvalue weighted by molar-refractivity contribution is -0.137. The molecule has 0 aliphatic carbocycles. The van der Waals surface area contributed by atoms with Crippen molar-refractivity contribution in [2.45, 2.75) is 45.3 Å². The molecular weight excluding hydrogens is 239 g/mol. The minimum Gasteiger partial charge on any atom is -0.325 e. The maximum Gasteiger partial charge on any atom is 0.416 e. The van der Waals surface area contributed by atoms with Crippen LogP contribution in [0.15, 0.2) is 24.3 Å². The SMILES string of the molecule is CCC(N)(Cc1cccc(C(F)(F)F)c1)C(C)C. The molecule has 1 atom stereocenters. The summed E-state index contributed by atoms with van der Waals surface area (Å²) in [5.74, 6) is 0.219. The molecule has 0 fully saturated rings. The van der Waals surface area contributed by atoms with Gasteiger partial charge in [0.15, 0.2) is 0 Å². The quantitative estimate of drug-likeness (QED) is 0.868. The van der Waals surface area contributed by atoms with E-state index in [1.54, 1.807) is 6.07 Å². The normalized spacial score (nSPS) is 15.8. The van der Waals surface area contributed by atoms with Crippen molar-refractivity contribution in [1.29, 1.82) is 0 Å². The molecule has 0 saturated heterocycles. The monoisotopic (exact) mass is 259 g/mol. The molecule has 1 unspecified atom stereocenters. The summed E-state index contributed by atoms with van der Waals surface area (Å²) in [6.07, 6.45) is -3.09. The molecule has 0 aliphatic heterocycles. The molecular formula is C14H20F3N. The zero-order valence-corrected chi connectivity index (χ0v) is 11.0. The summed E-state index contributed by atoms with van der Waals surface area (Å²) in [6.45, 7) is 5.96. The smallest absolute Gasteiger partial charge is 0.325 e. The molecule has 0 bridgehead atoms. The van der Waals surface area contributed by atoms with Crippen LogP contribution in [0, 0.1) is 5.92 Å². The van der Waals surface area contributed by atoms with Crippen LogP contribution in [0.25, 0.3) is 0 Å². The highest BCUT2D eigenvalue weighted by Gasteiger charge is 2.32. The molecule has 0 saturated carbocycles. The highest BCUT2D eigenvalue weighted by molar-refractivity contribution is 5.27. The first-order valence-electron chi connectivity index (χ1n) is 6.14. The molecule has 4 heteroatoms. The van der Waals surface area contributed by atoms with Crippen molar-refractivity contribution in [3.63, 3.8) is 0 Å². The Morgan fingerprint density at radius 3 is 2.28 bits per heavy atom. The van der Waals surface area contributed by atoms with Crippen molar-refractivity contribution < 1.29 is 13.2 Å². The maximum atomic E-state index is 12.6. The van der Waals surface area contributed by atoms with Crippen molar-refractivity contribution in [1.82, 2.24) is 0 Å². The third-order valence-corrected chi connectivity index (χ3v) is 3.60. The standard InChI is InChI=1S/C14H20F3N/c1-4-13(18,10(2)3)9-11-6-5-7-12(8-11)14(15,16)17/h5-8,10H,4,9,18H2,1-3H3. The lowest BCUT2D eigenvalue weighted by Crippen LogP contribution is -2.46. The molecule has 1 aromatic carbocycles. The summed E-state index contributed by atoms with van der Waals surface area (Å²) in [6, 6.07) is 5.42. The second-order valence-corrected chi connectivity index (χ2v) is 5.12. The van der Waals surface area contributed by atoms with Crippen LogP contribution < -0.4 is 5.73 Å². The largest absolute Gasteiger partial charge is 0.416 e. The molecule has 18 heavy (non-hydrogen) atoms. The van der Waals surface area contributed by atoms with Crippen LogP contribution in [-0.2, 0) is 12.6 Å². The molecule has 1 aromatic rings. The molecule has 2 N–H and O–H groups in total. The maximum absolute atomic E-state index is 12.6. The second-order valence-electron chi connectivity index (χ2n) is 5.12. The summed E-state index contributed by atoms with van der Waals surface area (Å²) < 4.78 is 37.8. The van der Waals surface area contributed by atoms with Crippen LogP contribution in [0.1, 0.15) is 38.3 Å². The highest BCUT2D eigenvalue weighted by atomic mass is 19.4. The van der Waals surface area contributed by atoms with Gasteiger partial charge in [-0.1, -0.05) is 39.0 Å². The molecule has 1 rings (SSSR count). The van der Waals surface area contributed by atoms with Gasteiger partial charge in [0, 0.05) is 5.54 Å². The lowest BCUT2D eigenvalue weighted by Gasteiger charge is -2.33. The summed E-state index contributed by atoms with van der Waals surface area (Å²) >= 11 is 0. The zero-order valence-electron chi connectivity index (χ0n) is 11.0. The number of benzene rings is 1. The Labute approximate surface area is 106 Å². The van der Waals surface area contributed by atoms with Gasteiger partial charge in [0.2, 0.25) is 0 Å². The van der Waals surface area contributed by atoms with Crippen molar-refractivity contribution in [2.24, 2.45) is 11.7 Å². The molecule has 0 amide bonds. The Hall–Kier alpha value is -1.03. The second kappa shape index (κ2) is 5.31. The summed E-state index contributed by atoms with van der Waals surface area (Å²) in [4.78, 5) is 0. The molecule has 0 heterocycles. The van der Waals surface area contributed by atoms with Crippen molar-refractivity contribution in [2.75, 3.05) is 0 Å². The first-order valence-corrected chi connectivity index (χ1v) is 6.14. The third-order valence-electron chi connectivity index (χ3n) is 3.60. The van der Waals surface area contributed by atoms with Crippen LogP contribution in [0.3, 0.4) is 0 Å². The van der Waals surface area contributed by atoms with Crippen molar-refractivity contribution in [3.05, 3.63) is 35.4 Å². The fourth-order valence-corrected chi connectivity index (χ4v) is 1.98. The number of nitrogens with two attached hydrogens (primary N) is 1. The molecule has 0 aliphatic rings.